The van der Waals surface area contributed by atoms with Crippen LogP contribution in [0.2, 0.25) is 0 Å². The number of amides is 1. The van der Waals surface area contributed by atoms with Crippen LogP contribution >= 0.6 is 0 Å². The minimum atomic E-state index is -0.501. The maximum Gasteiger partial charge on any atom is 0.243 e. The molecule has 0 atom stereocenters. The predicted molar refractivity (Wildman–Crippen MR) is 155 cm³/mol. The summed E-state index contributed by atoms with van der Waals surface area (Å²) in [4.78, 5) is 11.2. The molecule has 1 amide bonds. The first-order chi connectivity index (χ1) is 19.0. The van der Waals surface area contributed by atoms with Crippen molar-refractivity contribution in [1.82, 2.24) is 5.32 Å². The van der Waals surface area contributed by atoms with Crippen LogP contribution in [-0.4, -0.2) is 19.1 Å². The molecule has 5 heteroatoms. The van der Waals surface area contributed by atoms with Gasteiger partial charge < -0.3 is 10.1 Å². The Morgan fingerprint density at radius 1 is 0.923 bits per heavy atom. The minimum Gasteiger partial charge on any atom is -0.492 e. The molecular formula is C34H39F2NO2. The summed E-state index contributed by atoms with van der Waals surface area (Å²) in [6.07, 6.45) is 11.6. The van der Waals surface area contributed by atoms with Crippen LogP contribution in [0.25, 0.3) is 22.3 Å². The number of hydrogen-bond acceptors (Lipinski definition) is 2. The van der Waals surface area contributed by atoms with Crippen LogP contribution in [0.4, 0.5) is 8.78 Å². The van der Waals surface area contributed by atoms with E-state index in [0.29, 0.717) is 28.4 Å². The van der Waals surface area contributed by atoms with Gasteiger partial charge in [-0.2, -0.15) is 0 Å². The van der Waals surface area contributed by atoms with Crippen molar-refractivity contribution in [2.45, 2.75) is 64.2 Å². The molecule has 39 heavy (non-hydrogen) atoms. The SMILES string of the molecule is C=CC(=O)NCCOc1ccc(-c2ccc(-c3ccc(C4CCC(CCCCC)CC4)cc3)c(F)c2)c(F)c1. The molecular weight excluding hydrogens is 492 g/mol. The molecule has 0 saturated heterocycles. The first kappa shape index (κ1) is 28.5. The van der Waals surface area contributed by atoms with Crippen LogP contribution in [0.5, 0.6) is 5.75 Å². The standard InChI is InChI=1S/C34H39F2NO2/c1-3-5-6-7-24-8-10-25(11-9-24)26-12-14-27(15-13-26)30-18-16-28(22-32(30)35)31-19-17-29(23-33(31)36)39-21-20-37-34(38)4-2/h4,12-19,22-25H,2-3,5-11,20-21H2,1H3,(H,37,38). The average Bonchev–Trinajstić information content (AvgIpc) is 2.96. The van der Waals surface area contributed by atoms with E-state index in [0.717, 1.165) is 11.5 Å². The smallest absolute Gasteiger partial charge is 0.243 e. The van der Waals surface area contributed by atoms with Crippen LogP contribution < -0.4 is 10.1 Å². The van der Waals surface area contributed by atoms with Gasteiger partial charge in [0, 0.05) is 17.2 Å². The summed E-state index contributed by atoms with van der Waals surface area (Å²) in [6.45, 7) is 6.11. The first-order valence-electron chi connectivity index (χ1n) is 14.2. The van der Waals surface area contributed by atoms with E-state index in [-0.39, 0.29) is 24.9 Å². The number of hydrogen-bond donors (Lipinski definition) is 1. The Hall–Kier alpha value is -3.47. The molecule has 3 aromatic rings. The molecule has 1 fully saturated rings. The molecule has 1 saturated carbocycles. The lowest BCUT2D eigenvalue weighted by Gasteiger charge is -2.29. The highest BCUT2D eigenvalue weighted by Gasteiger charge is 2.22. The van der Waals surface area contributed by atoms with E-state index in [2.05, 4.69) is 31.0 Å². The summed E-state index contributed by atoms with van der Waals surface area (Å²) >= 11 is 0. The average molecular weight is 532 g/mol. The summed E-state index contributed by atoms with van der Waals surface area (Å²) in [5, 5.41) is 2.59. The molecule has 0 aliphatic heterocycles. The number of rotatable bonds is 12. The number of nitrogens with one attached hydrogen (secondary N) is 1. The van der Waals surface area contributed by atoms with Crippen molar-refractivity contribution < 1.29 is 18.3 Å². The quantitative estimate of drug-likeness (QED) is 0.187. The van der Waals surface area contributed by atoms with E-state index >= 15 is 4.39 Å². The second-order valence-electron chi connectivity index (χ2n) is 10.5. The number of ether oxygens (including phenoxy) is 1. The molecule has 4 rings (SSSR count). The summed E-state index contributed by atoms with van der Waals surface area (Å²) in [5.74, 6) is 0.632. The molecule has 1 N–H and O–H groups in total. The van der Waals surface area contributed by atoms with Crippen molar-refractivity contribution in [3.8, 4) is 28.0 Å². The molecule has 3 aromatic carbocycles. The van der Waals surface area contributed by atoms with Crippen LogP contribution in [-0.2, 0) is 4.79 Å². The van der Waals surface area contributed by atoms with Crippen molar-refractivity contribution in [3.63, 3.8) is 0 Å². The zero-order valence-electron chi connectivity index (χ0n) is 22.9. The number of carbonyl (C=O) groups is 1. The summed E-state index contributed by atoms with van der Waals surface area (Å²) in [5.41, 5.74) is 3.44. The minimum absolute atomic E-state index is 0.195. The van der Waals surface area contributed by atoms with Gasteiger partial charge in [-0.1, -0.05) is 75.6 Å². The maximum atomic E-state index is 15.2. The van der Waals surface area contributed by atoms with Gasteiger partial charge in [0.1, 0.15) is 24.0 Å². The highest BCUT2D eigenvalue weighted by molar-refractivity contribution is 5.86. The molecule has 0 radical (unpaired) electrons. The lowest BCUT2D eigenvalue weighted by atomic mass is 9.77. The van der Waals surface area contributed by atoms with Crippen molar-refractivity contribution in [3.05, 3.63) is 90.5 Å². The van der Waals surface area contributed by atoms with Gasteiger partial charge in [-0.15, -0.1) is 0 Å². The Kier molecular flexibility index (Phi) is 10.3. The number of carbonyl (C=O) groups excluding carboxylic acids is 1. The Morgan fingerprint density at radius 3 is 2.26 bits per heavy atom. The largest absolute Gasteiger partial charge is 0.492 e. The third-order valence-electron chi connectivity index (χ3n) is 7.83. The van der Waals surface area contributed by atoms with Crippen molar-refractivity contribution in [1.29, 1.82) is 0 Å². The maximum absolute atomic E-state index is 15.2. The summed E-state index contributed by atoms with van der Waals surface area (Å²) in [6, 6.07) is 17.6. The van der Waals surface area contributed by atoms with Gasteiger partial charge in [0.15, 0.2) is 0 Å². The zero-order chi connectivity index (χ0) is 27.6. The Bertz CT molecular complexity index is 1250. The number of halogens is 2. The fourth-order valence-corrected chi connectivity index (χ4v) is 5.55. The van der Waals surface area contributed by atoms with Crippen LogP contribution in [0.15, 0.2) is 73.3 Å². The van der Waals surface area contributed by atoms with Crippen LogP contribution in [0.1, 0.15) is 69.8 Å². The van der Waals surface area contributed by atoms with E-state index in [1.165, 1.54) is 75.1 Å². The highest BCUT2D eigenvalue weighted by Crippen LogP contribution is 2.38. The molecule has 1 aliphatic carbocycles. The topological polar surface area (TPSA) is 38.3 Å². The van der Waals surface area contributed by atoms with Crippen LogP contribution in [0, 0.1) is 17.6 Å². The van der Waals surface area contributed by atoms with Gasteiger partial charge in [0.2, 0.25) is 5.91 Å². The molecule has 0 unspecified atom stereocenters. The Labute approximate surface area is 231 Å². The number of unbranched alkanes of at least 4 members (excludes halogenated alkanes) is 2. The molecule has 206 valence electrons. The Balaban J connectivity index is 1.36. The lowest BCUT2D eigenvalue weighted by Crippen LogP contribution is -2.26. The molecule has 0 aromatic heterocycles. The fraction of sp³-hybridized carbons (Fsp3) is 0.382. The second-order valence-corrected chi connectivity index (χ2v) is 10.5. The second kappa shape index (κ2) is 14.1. The van der Waals surface area contributed by atoms with E-state index in [1.807, 2.05) is 12.1 Å². The fourth-order valence-electron chi connectivity index (χ4n) is 5.55. The van der Waals surface area contributed by atoms with E-state index < -0.39 is 5.82 Å². The highest BCUT2D eigenvalue weighted by atomic mass is 19.1. The third kappa shape index (κ3) is 7.78. The Morgan fingerprint density at radius 2 is 1.59 bits per heavy atom. The van der Waals surface area contributed by atoms with Gasteiger partial charge in [0.25, 0.3) is 0 Å². The summed E-state index contributed by atoms with van der Waals surface area (Å²) < 4.78 is 35.5. The lowest BCUT2D eigenvalue weighted by molar-refractivity contribution is -0.116. The van der Waals surface area contributed by atoms with Gasteiger partial charge in [-0.05, 0) is 78.5 Å². The van der Waals surface area contributed by atoms with E-state index in [4.69, 9.17) is 4.74 Å². The van der Waals surface area contributed by atoms with E-state index in [1.54, 1.807) is 24.3 Å². The number of benzene rings is 3. The zero-order valence-corrected chi connectivity index (χ0v) is 22.9. The molecule has 1 aliphatic rings. The van der Waals surface area contributed by atoms with Crippen molar-refractivity contribution in [2.75, 3.05) is 13.2 Å². The normalized spacial score (nSPS) is 17.0. The van der Waals surface area contributed by atoms with Gasteiger partial charge >= 0.3 is 0 Å². The molecule has 0 spiro atoms. The third-order valence-corrected chi connectivity index (χ3v) is 7.83. The van der Waals surface area contributed by atoms with E-state index in [9.17, 15) is 9.18 Å². The molecule has 3 nitrogen and oxygen atoms in total. The molecule has 0 bridgehead atoms. The van der Waals surface area contributed by atoms with Crippen LogP contribution in [0.3, 0.4) is 0 Å². The molecule has 0 heterocycles. The van der Waals surface area contributed by atoms with Gasteiger partial charge in [-0.3, -0.25) is 4.79 Å². The summed E-state index contributed by atoms with van der Waals surface area (Å²) in [7, 11) is 0. The predicted octanol–water partition coefficient (Wildman–Crippen LogP) is 8.83. The first-order valence-corrected chi connectivity index (χ1v) is 14.2. The van der Waals surface area contributed by atoms with Crippen molar-refractivity contribution >= 4 is 5.91 Å². The van der Waals surface area contributed by atoms with Gasteiger partial charge in [-0.25, -0.2) is 8.78 Å². The monoisotopic (exact) mass is 531 g/mol. The van der Waals surface area contributed by atoms with Gasteiger partial charge in [0.05, 0.1) is 6.54 Å². The van der Waals surface area contributed by atoms with Crippen molar-refractivity contribution in [2.24, 2.45) is 5.92 Å².